The minimum Gasteiger partial charge on any atom is -0.378 e. The number of carbonyl (C=O) groups excluding carboxylic acids is 1. The van der Waals surface area contributed by atoms with Crippen molar-refractivity contribution in [3.8, 4) is 0 Å². The monoisotopic (exact) mass is 340 g/mol. The number of halogens is 1. The molecule has 0 heterocycles. The lowest BCUT2D eigenvalue weighted by Gasteiger charge is -2.22. The number of rotatable bonds is 8. The second-order valence-electron chi connectivity index (χ2n) is 6.06. The van der Waals surface area contributed by atoms with Crippen molar-refractivity contribution in [1.82, 2.24) is 5.32 Å². The Balaban J connectivity index is 0.00000264. The van der Waals surface area contributed by atoms with Crippen LogP contribution in [0.5, 0.6) is 0 Å². The molecule has 2 rings (SSSR count). The van der Waals surface area contributed by atoms with Gasteiger partial charge in [0.2, 0.25) is 5.91 Å². The molecule has 1 aromatic rings. The molecule has 1 fully saturated rings. The smallest absolute Gasteiger partial charge is 0.221 e. The van der Waals surface area contributed by atoms with Crippen molar-refractivity contribution >= 4 is 18.3 Å². The average molecular weight is 341 g/mol. The van der Waals surface area contributed by atoms with Gasteiger partial charge in [0.15, 0.2) is 0 Å². The van der Waals surface area contributed by atoms with Gasteiger partial charge in [-0.15, -0.1) is 12.4 Å². The Bertz CT molecular complexity index is 436. The highest BCUT2D eigenvalue weighted by atomic mass is 35.5. The molecular weight excluding hydrogens is 312 g/mol. The van der Waals surface area contributed by atoms with Gasteiger partial charge in [0.25, 0.3) is 0 Å². The minimum atomic E-state index is -0.236. The molecule has 0 radical (unpaired) electrons. The zero-order valence-electron chi connectivity index (χ0n) is 13.7. The Hall–Kier alpha value is -1.10. The molecule has 1 aromatic carbocycles. The third kappa shape index (κ3) is 7.82. The Kier molecular flexibility index (Phi) is 9.92. The normalized spacial score (nSPS) is 16.4. The standard InChI is InChI=1S/C18H28N2O2.ClH/c19-17(15-8-3-1-4-9-15)14-18(21)20-12-7-13-22-16-10-5-2-6-11-16;/h1,3-4,8-9,16-17H,2,5-7,10-14,19H2,(H,20,21);1H. The van der Waals surface area contributed by atoms with Crippen LogP contribution in [0.15, 0.2) is 30.3 Å². The molecule has 1 unspecified atom stereocenters. The second kappa shape index (κ2) is 11.4. The van der Waals surface area contributed by atoms with Gasteiger partial charge >= 0.3 is 0 Å². The largest absolute Gasteiger partial charge is 0.378 e. The number of ether oxygens (including phenoxy) is 1. The summed E-state index contributed by atoms with van der Waals surface area (Å²) in [6.07, 6.45) is 7.94. The van der Waals surface area contributed by atoms with E-state index in [1.807, 2.05) is 30.3 Å². The molecule has 0 aromatic heterocycles. The lowest BCUT2D eigenvalue weighted by molar-refractivity contribution is -0.121. The first kappa shape index (κ1) is 19.9. The Morgan fingerprint density at radius 3 is 2.61 bits per heavy atom. The summed E-state index contributed by atoms with van der Waals surface area (Å²) in [5.41, 5.74) is 7.04. The predicted molar refractivity (Wildman–Crippen MR) is 95.7 cm³/mol. The van der Waals surface area contributed by atoms with E-state index < -0.39 is 0 Å². The molecule has 1 aliphatic carbocycles. The van der Waals surface area contributed by atoms with E-state index in [0.717, 1.165) is 18.6 Å². The van der Waals surface area contributed by atoms with Crippen LogP contribution in [-0.4, -0.2) is 25.2 Å². The number of amides is 1. The van der Waals surface area contributed by atoms with E-state index in [4.69, 9.17) is 10.5 Å². The Labute approximate surface area is 145 Å². The van der Waals surface area contributed by atoms with Gasteiger partial charge in [0, 0.05) is 25.6 Å². The second-order valence-corrected chi connectivity index (χ2v) is 6.06. The quantitative estimate of drug-likeness (QED) is 0.713. The maximum Gasteiger partial charge on any atom is 0.221 e. The van der Waals surface area contributed by atoms with Crippen molar-refractivity contribution in [2.45, 2.75) is 57.1 Å². The van der Waals surface area contributed by atoms with Gasteiger partial charge in [-0.05, 0) is 24.8 Å². The highest BCUT2D eigenvalue weighted by molar-refractivity contribution is 5.85. The molecular formula is C18H29ClN2O2. The molecule has 0 aliphatic heterocycles. The fourth-order valence-corrected chi connectivity index (χ4v) is 2.87. The fourth-order valence-electron chi connectivity index (χ4n) is 2.87. The molecule has 0 spiro atoms. The van der Waals surface area contributed by atoms with Crippen molar-refractivity contribution in [3.63, 3.8) is 0 Å². The third-order valence-corrected chi connectivity index (χ3v) is 4.18. The molecule has 5 heteroatoms. The van der Waals surface area contributed by atoms with Gasteiger partial charge in [-0.25, -0.2) is 0 Å². The lowest BCUT2D eigenvalue weighted by atomic mass is 9.98. The van der Waals surface area contributed by atoms with Crippen molar-refractivity contribution in [2.24, 2.45) is 5.73 Å². The number of nitrogens with two attached hydrogens (primary N) is 1. The molecule has 0 bridgehead atoms. The van der Waals surface area contributed by atoms with E-state index in [0.29, 0.717) is 19.1 Å². The molecule has 1 atom stereocenters. The summed E-state index contributed by atoms with van der Waals surface area (Å²) in [6, 6.07) is 9.50. The lowest BCUT2D eigenvalue weighted by Crippen LogP contribution is -2.29. The maximum atomic E-state index is 11.9. The van der Waals surface area contributed by atoms with E-state index in [1.165, 1.54) is 32.1 Å². The molecule has 1 aliphatic rings. The maximum absolute atomic E-state index is 11.9. The molecule has 1 amide bonds. The number of benzene rings is 1. The SMILES string of the molecule is Cl.NC(CC(=O)NCCCOC1CCCCC1)c1ccccc1. The van der Waals surface area contributed by atoms with E-state index in [2.05, 4.69) is 5.32 Å². The summed E-state index contributed by atoms with van der Waals surface area (Å²) in [5, 5.41) is 2.92. The minimum absolute atomic E-state index is 0. The van der Waals surface area contributed by atoms with E-state index in [9.17, 15) is 4.79 Å². The van der Waals surface area contributed by atoms with Gasteiger partial charge in [-0.1, -0.05) is 49.6 Å². The molecule has 3 N–H and O–H groups in total. The molecule has 0 saturated heterocycles. The number of carbonyl (C=O) groups is 1. The van der Waals surface area contributed by atoms with Gasteiger partial charge in [-0.2, -0.15) is 0 Å². The van der Waals surface area contributed by atoms with Crippen LogP contribution in [0.1, 0.15) is 56.6 Å². The first-order chi connectivity index (χ1) is 10.8. The zero-order valence-corrected chi connectivity index (χ0v) is 14.5. The summed E-state index contributed by atoms with van der Waals surface area (Å²) < 4.78 is 5.84. The van der Waals surface area contributed by atoms with Crippen LogP contribution in [0, 0.1) is 0 Å². The fraction of sp³-hybridized carbons (Fsp3) is 0.611. The molecule has 23 heavy (non-hydrogen) atoms. The molecule has 4 nitrogen and oxygen atoms in total. The predicted octanol–water partition coefficient (Wildman–Crippen LogP) is 3.35. The number of hydrogen-bond acceptors (Lipinski definition) is 3. The summed E-state index contributed by atoms with van der Waals surface area (Å²) in [7, 11) is 0. The highest BCUT2D eigenvalue weighted by Gasteiger charge is 2.13. The van der Waals surface area contributed by atoms with Crippen LogP contribution in [-0.2, 0) is 9.53 Å². The zero-order chi connectivity index (χ0) is 15.6. The van der Waals surface area contributed by atoms with Crippen molar-refractivity contribution < 1.29 is 9.53 Å². The van der Waals surface area contributed by atoms with Gasteiger partial charge < -0.3 is 15.8 Å². The van der Waals surface area contributed by atoms with Gasteiger partial charge in [-0.3, -0.25) is 4.79 Å². The van der Waals surface area contributed by atoms with E-state index in [-0.39, 0.29) is 24.4 Å². The average Bonchev–Trinajstić information content (AvgIpc) is 2.56. The van der Waals surface area contributed by atoms with Gasteiger partial charge in [0.1, 0.15) is 0 Å². The first-order valence-electron chi connectivity index (χ1n) is 8.44. The Morgan fingerprint density at radius 2 is 1.91 bits per heavy atom. The molecule has 130 valence electrons. The number of hydrogen-bond donors (Lipinski definition) is 2. The van der Waals surface area contributed by atoms with E-state index in [1.54, 1.807) is 0 Å². The summed E-state index contributed by atoms with van der Waals surface area (Å²) in [5.74, 6) is 0.00835. The topological polar surface area (TPSA) is 64.4 Å². The summed E-state index contributed by atoms with van der Waals surface area (Å²) in [6.45, 7) is 1.39. The van der Waals surface area contributed by atoms with Gasteiger partial charge in [0.05, 0.1) is 6.10 Å². The van der Waals surface area contributed by atoms with Crippen LogP contribution in [0.2, 0.25) is 0 Å². The van der Waals surface area contributed by atoms with Crippen LogP contribution >= 0.6 is 12.4 Å². The van der Waals surface area contributed by atoms with Crippen molar-refractivity contribution in [3.05, 3.63) is 35.9 Å². The third-order valence-electron chi connectivity index (χ3n) is 4.18. The van der Waals surface area contributed by atoms with E-state index >= 15 is 0 Å². The highest BCUT2D eigenvalue weighted by Crippen LogP contribution is 2.20. The summed E-state index contributed by atoms with van der Waals surface area (Å²) in [4.78, 5) is 11.9. The molecule has 1 saturated carbocycles. The van der Waals surface area contributed by atoms with Crippen molar-refractivity contribution in [1.29, 1.82) is 0 Å². The number of nitrogens with one attached hydrogen (secondary N) is 1. The van der Waals surface area contributed by atoms with Crippen LogP contribution < -0.4 is 11.1 Å². The van der Waals surface area contributed by atoms with Crippen LogP contribution in [0.25, 0.3) is 0 Å². The summed E-state index contributed by atoms with van der Waals surface area (Å²) >= 11 is 0. The van der Waals surface area contributed by atoms with Crippen LogP contribution in [0.4, 0.5) is 0 Å². The Morgan fingerprint density at radius 1 is 1.22 bits per heavy atom. The van der Waals surface area contributed by atoms with Crippen molar-refractivity contribution in [2.75, 3.05) is 13.2 Å². The van der Waals surface area contributed by atoms with Crippen LogP contribution in [0.3, 0.4) is 0 Å². The first-order valence-corrected chi connectivity index (χ1v) is 8.44.